The van der Waals surface area contributed by atoms with Crippen LogP contribution < -0.4 is 5.32 Å². The van der Waals surface area contributed by atoms with E-state index in [0.29, 0.717) is 12.5 Å². The van der Waals surface area contributed by atoms with Crippen LogP contribution >= 0.6 is 0 Å². The zero-order chi connectivity index (χ0) is 12.0. The van der Waals surface area contributed by atoms with E-state index in [4.69, 9.17) is 0 Å². The van der Waals surface area contributed by atoms with E-state index in [2.05, 4.69) is 23.9 Å². The fraction of sp³-hybridized carbons (Fsp3) is 0.462. The molecule has 1 rings (SSSR count). The normalized spacial score (nSPS) is 10.5. The number of hydrogen-bond donors (Lipinski definition) is 1. The maximum Gasteiger partial charge on any atom is 0.309 e. The molecule has 0 amide bonds. The lowest BCUT2D eigenvalue weighted by atomic mass is 10.0. The number of carbonyl (C=O) groups excluding carboxylic acids is 1. The van der Waals surface area contributed by atoms with E-state index >= 15 is 0 Å². The highest BCUT2D eigenvalue weighted by Gasteiger charge is 2.07. The van der Waals surface area contributed by atoms with Gasteiger partial charge in [0.05, 0.1) is 13.5 Å². The molecule has 0 radical (unpaired) electrons. The van der Waals surface area contributed by atoms with Crippen molar-refractivity contribution in [3.8, 4) is 0 Å². The highest BCUT2D eigenvalue weighted by molar-refractivity contribution is 5.72. The van der Waals surface area contributed by atoms with Gasteiger partial charge in [0.25, 0.3) is 0 Å². The minimum absolute atomic E-state index is 0.197. The van der Waals surface area contributed by atoms with Crippen LogP contribution in [0.2, 0.25) is 0 Å². The van der Waals surface area contributed by atoms with Gasteiger partial charge < -0.3 is 10.1 Å². The van der Waals surface area contributed by atoms with Crippen LogP contribution in [-0.2, 0) is 22.5 Å². The predicted molar refractivity (Wildman–Crippen MR) is 64.1 cm³/mol. The zero-order valence-corrected chi connectivity index (χ0v) is 10.1. The Morgan fingerprint density at radius 1 is 1.31 bits per heavy atom. The van der Waals surface area contributed by atoms with Crippen LogP contribution in [0, 0.1) is 0 Å². The van der Waals surface area contributed by atoms with Gasteiger partial charge in [0.2, 0.25) is 0 Å². The van der Waals surface area contributed by atoms with E-state index in [1.165, 1.54) is 7.11 Å². The van der Waals surface area contributed by atoms with Crippen molar-refractivity contribution in [2.75, 3.05) is 7.11 Å². The molecule has 0 saturated carbocycles. The molecule has 0 aliphatic rings. The zero-order valence-electron chi connectivity index (χ0n) is 10.1. The van der Waals surface area contributed by atoms with Crippen LogP contribution in [0.1, 0.15) is 25.0 Å². The topological polar surface area (TPSA) is 38.3 Å². The highest BCUT2D eigenvalue weighted by atomic mass is 16.5. The Hall–Kier alpha value is -1.35. The van der Waals surface area contributed by atoms with Crippen LogP contribution in [0.15, 0.2) is 24.3 Å². The summed E-state index contributed by atoms with van der Waals surface area (Å²) in [7, 11) is 1.41. The van der Waals surface area contributed by atoms with Crippen molar-refractivity contribution in [3.63, 3.8) is 0 Å². The molecule has 88 valence electrons. The fourth-order valence-electron chi connectivity index (χ4n) is 1.44. The van der Waals surface area contributed by atoms with Gasteiger partial charge in [-0.2, -0.15) is 0 Å². The Morgan fingerprint density at radius 3 is 2.50 bits per heavy atom. The van der Waals surface area contributed by atoms with Crippen LogP contribution in [-0.4, -0.2) is 19.1 Å². The lowest BCUT2D eigenvalue weighted by molar-refractivity contribution is -0.139. The third kappa shape index (κ3) is 4.03. The van der Waals surface area contributed by atoms with E-state index in [9.17, 15) is 4.79 Å². The number of benzene rings is 1. The first-order valence-electron chi connectivity index (χ1n) is 5.50. The first-order valence-corrected chi connectivity index (χ1v) is 5.50. The number of rotatable bonds is 5. The average molecular weight is 221 g/mol. The maximum absolute atomic E-state index is 11.2. The summed E-state index contributed by atoms with van der Waals surface area (Å²) < 4.78 is 4.68. The lowest BCUT2D eigenvalue weighted by Gasteiger charge is -2.11. The largest absolute Gasteiger partial charge is 0.469 e. The summed E-state index contributed by atoms with van der Waals surface area (Å²) in [4.78, 5) is 11.2. The molecule has 0 aliphatic heterocycles. The molecule has 3 heteroatoms. The Bertz CT molecular complexity index is 348. The van der Waals surface area contributed by atoms with Crippen LogP contribution in [0.25, 0.3) is 0 Å². The van der Waals surface area contributed by atoms with Crippen LogP contribution in [0.3, 0.4) is 0 Å². The maximum atomic E-state index is 11.2. The SMILES string of the molecule is COC(=O)Cc1ccccc1CNC(C)C. The molecule has 0 atom stereocenters. The summed E-state index contributed by atoms with van der Waals surface area (Å²) in [6.45, 7) is 4.98. The molecule has 0 unspecified atom stereocenters. The molecule has 1 aromatic rings. The van der Waals surface area contributed by atoms with E-state index in [1.54, 1.807) is 0 Å². The quantitative estimate of drug-likeness (QED) is 0.772. The average Bonchev–Trinajstić information content (AvgIpc) is 2.27. The molecule has 0 aliphatic carbocycles. The number of ether oxygens (including phenoxy) is 1. The van der Waals surface area contributed by atoms with Gasteiger partial charge in [0.1, 0.15) is 0 Å². The first kappa shape index (κ1) is 12.7. The Morgan fingerprint density at radius 2 is 1.94 bits per heavy atom. The third-order valence-electron chi connectivity index (χ3n) is 2.38. The van der Waals surface area contributed by atoms with Crippen LogP contribution in [0.4, 0.5) is 0 Å². The second-order valence-corrected chi connectivity index (χ2v) is 4.06. The van der Waals surface area contributed by atoms with Crippen molar-refractivity contribution < 1.29 is 9.53 Å². The van der Waals surface area contributed by atoms with Crippen molar-refractivity contribution >= 4 is 5.97 Å². The Balaban J connectivity index is 2.71. The third-order valence-corrected chi connectivity index (χ3v) is 2.38. The van der Waals surface area contributed by atoms with Gasteiger partial charge in [-0.05, 0) is 11.1 Å². The number of nitrogens with one attached hydrogen (secondary N) is 1. The van der Waals surface area contributed by atoms with Crippen molar-refractivity contribution in [2.45, 2.75) is 32.9 Å². The summed E-state index contributed by atoms with van der Waals surface area (Å²) >= 11 is 0. The van der Waals surface area contributed by atoms with Gasteiger partial charge in [-0.3, -0.25) is 4.79 Å². The molecule has 3 nitrogen and oxygen atoms in total. The number of hydrogen-bond acceptors (Lipinski definition) is 3. The van der Waals surface area contributed by atoms with Crippen molar-refractivity contribution in [3.05, 3.63) is 35.4 Å². The highest BCUT2D eigenvalue weighted by Crippen LogP contribution is 2.10. The van der Waals surface area contributed by atoms with Gasteiger partial charge in [-0.1, -0.05) is 38.1 Å². The lowest BCUT2D eigenvalue weighted by Crippen LogP contribution is -2.22. The summed E-state index contributed by atoms with van der Waals surface area (Å²) in [5, 5.41) is 3.34. The van der Waals surface area contributed by atoms with Gasteiger partial charge >= 0.3 is 5.97 Å². The molecular formula is C13H19NO2. The molecule has 0 aromatic heterocycles. The van der Waals surface area contributed by atoms with E-state index in [1.807, 2.05) is 24.3 Å². The minimum Gasteiger partial charge on any atom is -0.469 e. The van der Waals surface area contributed by atoms with E-state index in [0.717, 1.165) is 17.7 Å². The summed E-state index contributed by atoms with van der Waals surface area (Å²) in [5.41, 5.74) is 2.18. The summed E-state index contributed by atoms with van der Waals surface area (Å²) in [6, 6.07) is 8.36. The monoisotopic (exact) mass is 221 g/mol. The van der Waals surface area contributed by atoms with Crippen LogP contribution in [0.5, 0.6) is 0 Å². The molecule has 0 fully saturated rings. The summed E-state index contributed by atoms with van der Waals surface area (Å²) in [5.74, 6) is -0.197. The second-order valence-electron chi connectivity index (χ2n) is 4.06. The van der Waals surface area contributed by atoms with Crippen molar-refractivity contribution in [1.29, 1.82) is 0 Å². The molecule has 1 N–H and O–H groups in total. The molecule has 0 spiro atoms. The first-order chi connectivity index (χ1) is 7.63. The number of carbonyl (C=O) groups is 1. The standard InChI is InChI=1S/C13H19NO2/c1-10(2)14-9-12-7-5-4-6-11(12)8-13(15)16-3/h4-7,10,14H,8-9H2,1-3H3. The molecule has 0 heterocycles. The molecule has 1 aromatic carbocycles. The summed E-state index contributed by atoms with van der Waals surface area (Å²) in [6.07, 6.45) is 0.340. The smallest absolute Gasteiger partial charge is 0.309 e. The second kappa shape index (κ2) is 6.28. The number of methoxy groups -OCH3 is 1. The van der Waals surface area contributed by atoms with E-state index in [-0.39, 0.29) is 5.97 Å². The fourth-order valence-corrected chi connectivity index (χ4v) is 1.44. The number of esters is 1. The van der Waals surface area contributed by atoms with Gasteiger partial charge in [-0.25, -0.2) is 0 Å². The van der Waals surface area contributed by atoms with Crippen molar-refractivity contribution in [1.82, 2.24) is 5.32 Å². The van der Waals surface area contributed by atoms with Crippen molar-refractivity contribution in [2.24, 2.45) is 0 Å². The molecular weight excluding hydrogens is 202 g/mol. The van der Waals surface area contributed by atoms with E-state index < -0.39 is 0 Å². The minimum atomic E-state index is -0.197. The van der Waals surface area contributed by atoms with Gasteiger partial charge in [0, 0.05) is 12.6 Å². The van der Waals surface area contributed by atoms with Gasteiger partial charge in [-0.15, -0.1) is 0 Å². The Labute approximate surface area is 96.8 Å². The molecule has 16 heavy (non-hydrogen) atoms. The Kier molecular flexibility index (Phi) is 4.99. The molecule has 0 saturated heterocycles. The van der Waals surface area contributed by atoms with Gasteiger partial charge in [0.15, 0.2) is 0 Å². The predicted octanol–water partition coefficient (Wildman–Crippen LogP) is 1.90. The molecule has 0 bridgehead atoms.